The lowest BCUT2D eigenvalue weighted by Gasteiger charge is -2.04. The monoisotopic (exact) mass is 315 g/mol. The SMILES string of the molecule is O=C(Nc1ccc2c(c1)OCO2)c1cn2cc(Cl)ccc2n1. The molecule has 3 heterocycles. The van der Waals surface area contributed by atoms with Gasteiger partial charge in [0.15, 0.2) is 11.5 Å². The normalized spacial score (nSPS) is 12.6. The molecule has 0 spiro atoms. The van der Waals surface area contributed by atoms with E-state index in [1.54, 1.807) is 47.1 Å². The first-order valence-electron chi connectivity index (χ1n) is 6.54. The van der Waals surface area contributed by atoms with E-state index in [1.165, 1.54) is 0 Å². The van der Waals surface area contributed by atoms with Gasteiger partial charge in [-0.2, -0.15) is 0 Å². The van der Waals surface area contributed by atoms with Gasteiger partial charge in [0, 0.05) is 24.1 Å². The largest absolute Gasteiger partial charge is 0.454 e. The van der Waals surface area contributed by atoms with Crippen LogP contribution in [0.2, 0.25) is 5.02 Å². The van der Waals surface area contributed by atoms with Crippen molar-refractivity contribution in [3.8, 4) is 11.5 Å². The zero-order valence-electron chi connectivity index (χ0n) is 11.2. The third kappa shape index (κ3) is 2.23. The fourth-order valence-electron chi connectivity index (χ4n) is 2.24. The summed E-state index contributed by atoms with van der Waals surface area (Å²) < 4.78 is 12.2. The lowest BCUT2D eigenvalue weighted by atomic mass is 10.2. The van der Waals surface area contributed by atoms with Crippen LogP contribution in [0.4, 0.5) is 5.69 Å². The highest BCUT2D eigenvalue weighted by molar-refractivity contribution is 6.30. The van der Waals surface area contributed by atoms with Gasteiger partial charge in [-0.3, -0.25) is 4.79 Å². The summed E-state index contributed by atoms with van der Waals surface area (Å²) in [6, 6.07) is 8.69. The Morgan fingerprint density at radius 1 is 1.18 bits per heavy atom. The fourth-order valence-corrected chi connectivity index (χ4v) is 2.41. The van der Waals surface area contributed by atoms with E-state index in [4.69, 9.17) is 21.1 Å². The number of hydrogen-bond acceptors (Lipinski definition) is 4. The van der Waals surface area contributed by atoms with Gasteiger partial charge in [0.1, 0.15) is 11.3 Å². The second kappa shape index (κ2) is 4.92. The maximum atomic E-state index is 12.3. The molecule has 7 heteroatoms. The Hall–Kier alpha value is -2.73. The van der Waals surface area contributed by atoms with Crippen LogP contribution in [-0.4, -0.2) is 22.1 Å². The van der Waals surface area contributed by atoms with Gasteiger partial charge in [-0.05, 0) is 24.3 Å². The highest BCUT2D eigenvalue weighted by Crippen LogP contribution is 2.34. The average molecular weight is 316 g/mol. The zero-order valence-corrected chi connectivity index (χ0v) is 12.0. The molecule has 0 saturated heterocycles. The Morgan fingerprint density at radius 2 is 2.05 bits per heavy atom. The van der Waals surface area contributed by atoms with Gasteiger partial charge >= 0.3 is 0 Å². The molecule has 2 aromatic heterocycles. The van der Waals surface area contributed by atoms with Crippen molar-refractivity contribution in [1.82, 2.24) is 9.38 Å². The second-order valence-electron chi connectivity index (χ2n) is 4.76. The summed E-state index contributed by atoms with van der Waals surface area (Å²) in [7, 11) is 0. The summed E-state index contributed by atoms with van der Waals surface area (Å²) in [5.41, 5.74) is 1.57. The van der Waals surface area contributed by atoms with Crippen LogP contribution in [0, 0.1) is 0 Å². The van der Waals surface area contributed by atoms with Crippen molar-refractivity contribution in [3.63, 3.8) is 0 Å². The molecule has 110 valence electrons. The number of nitrogens with zero attached hydrogens (tertiary/aromatic N) is 2. The van der Waals surface area contributed by atoms with Gasteiger partial charge < -0.3 is 19.2 Å². The van der Waals surface area contributed by atoms with Crippen LogP contribution in [0.1, 0.15) is 10.5 Å². The van der Waals surface area contributed by atoms with Gasteiger partial charge in [-0.25, -0.2) is 4.98 Å². The number of halogens is 1. The highest BCUT2D eigenvalue weighted by atomic mass is 35.5. The van der Waals surface area contributed by atoms with Gasteiger partial charge in [0.25, 0.3) is 5.91 Å². The topological polar surface area (TPSA) is 64.9 Å². The molecule has 0 aliphatic carbocycles. The summed E-state index contributed by atoms with van der Waals surface area (Å²) in [5, 5.41) is 3.36. The van der Waals surface area contributed by atoms with E-state index in [-0.39, 0.29) is 12.7 Å². The third-order valence-electron chi connectivity index (χ3n) is 3.28. The van der Waals surface area contributed by atoms with E-state index < -0.39 is 0 Å². The molecule has 0 saturated carbocycles. The van der Waals surface area contributed by atoms with Crippen LogP contribution in [-0.2, 0) is 0 Å². The molecule has 0 radical (unpaired) electrons. The number of fused-ring (bicyclic) bond motifs is 2. The number of nitrogens with one attached hydrogen (secondary N) is 1. The first-order valence-corrected chi connectivity index (χ1v) is 6.92. The Morgan fingerprint density at radius 3 is 2.95 bits per heavy atom. The number of carbonyl (C=O) groups excluding carboxylic acids is 1. The van der Waals surface area contributed by atoms with Crippen molar-refractivity contribution in [3.05, 3.63) is 53.4 Å². The predicted molar refractivity (Wildman–Crippen MR) is 80.7 cm³/mol. The molecule has 4 rings (SSSR count). The first kappa shape index (κ1) is 13.0. The summed E-state index contributed by atoms with van der Waals surface area (Å²) in [6.07, 6.45) is 3.32. The molecular weight excluding hydrogens is 306 g/mol. The molecule has 22 heavy (non-hydrogen) atoms. The molecule has 0 bridgehead atoms. The number of ether oxygens (including phenoxy) is 2. The molecule has 3 aromatic rings. The first-order chi connectivity index (χ1) is 10.7. The summed E-state index contributed by atoms with van der Waals surface area (Å²) >= 11 is 5.92. The third-order valence-corrected chi connectivity index (χ3v) is 3.50. The molecule has 1 aromatic carbocycles. The number of rotatable bonds is 2. The minimum atomic E-state index is -0.307. The Kier molecular flexibility index (Phi) is 2.90. The molecular formula is C15H10ClN3O3. The molecule has 1 N–H and O–H groups in total. The Bertz CT molecular complexity index is 891. The van der Waals surface area contributed by atoms with Crippen LogP contribution in [0.3, 0.4) is 0 Å². The van der Waals surface area contributed by atoms with E-state index in [1.807, 2.05) is 0 Å². The predicted octanol–water partition coefficient (Wildman–Crippen LogP) is 2.97. The van der Waals surface area contributed by atoms with Gasteiger partial charge in [0.05, 0.1) is 5.02 Å². The van der Waals surface area contributed by atoms with Gasteiger partial charge in [0.2, 0.25) is 6.79 Å². The lowest BCUT2D eigenvalue weighted by molar-refractivity contribution is 0.102. The number of hydrogen-bond donors (Lipinski definition) is 1. The fraction of sp³-hybridized carbons (Fsp3) is 0.0667. The van der Waals surface area contributed by atoms with Gasteiger partial charge in [-0.1, -0.05) is 11.6 Å². The van der Waals surface area contributed by atoms with Crippen LogP contribution >= 0.6 is 11.6 Å². The standard InChI is InChI=1S/C15H10ClN3O3/c16-9-1-4-14-18-11(7-19(14)6-9)15(20)17-10-2-3-12-13(5-10)22-8-21-12/h1-7H,8H2,(H,17,20). The van der Waals surface area contributed by atoms with E-state index in [0.717, 1.165) is 0 Å². The zero-order chi connectivity index (χ0) is 15.1. The quantitative estimate of drug-likeness (QED) is 0.789. The van der Waals surface area contributed by atoms with Crippen molar-refractivity contribution in [2.45, 2.75) is 0 Å². The van der Waals surface area contributed by atoms with Crippen LogP contribution in [0.15, 0.2) is 42.7 Å². The molecule has 1 aliphatic heterocycles. The smallest absolute Gasteiger partial charge is 0.275 e. The Labute approximate surface area is 130 Å². The minimum Gasteiger partial charge on any atom is -0.454 e. The van der Waals surface area contributed by atoms with Crippen molar-refractivity contribution < 1.29 is 14.3 Å². The summed E-state index contributed by atoms with van der Waals surface area (Å²) in [6.45, 7) is 0.194. The molecule has 6 nitrogen and oxygen atoms in total. The van der Waals surface area contributed by atoms with Crippen LogP contribution in [0.25, 0.3) is 5.65 Å². The Balaban J connectivity index is 1.60. The molecule has 1 aliphatic rings. The van der Waals surface area contributed by atoms with Gasteiger partial charge in [-0.15, -0.1) is 0 Å². The summed E-state index contributed by atoms with van der Waals surface area (Å²) in [4.78, 5) is 16.5. The lowest BCUT2D eigenvalue weighted by Crippen LogP contribution is -2.12. The molecule has 0 fully saturated rings. The van der Waals surface area contributed by atoms with Crippen molar-refractivity contribution in [2.75, 3.05) is 12.1 Å². The van der Waals surface area contributed by atoms with E-state index in [2.05, 4.69) is 10.3 Å². The van der Waals surface area contributed by atoms with E-state index in [0.29, 0.717) is 33.6 Å². The second-order valence-corrected chi connectivity index (χ2v) is 5.20. The number of imidazole rings is 1. The van der Waals surface area contributed by atoms with Crippen molar-refractivity contribution >= 4 is 28.8 Å². The molecule has 1 amide bonds. The maximum absolute atomic E-state index is 12.3. The number of aromatic nitrogens is 2. The van der Waals surface area contributed by atoms with Crippen molar-refractivity contribution in [1.29, 1.82) is 0 Å². The number of anilines is 1. The highest BCUT2D eigenvalue weighted by Gasteiger charge is 2.16. The van der Waals surface area contributed by atoms with Crippen LogP contribution in [0.5, 0.6) is 11.5 Å². The van der Waals surface area contributed by atoms with E-state index in [9.17, 15) is 4.79 Å². The number of carbonyl (C=O) groups is 1. The molecule has 0 unspecified atom stereocenters. The van der Waals surface area contributed by atoms with Crippen LogP contribution < -0.4 is 14.8 Å². The number of benzene rings is 1. The summed E-state index contributed by atoms with van der Waals surface area (Å²) in [5.74, 6) is 0.971. The van der Waals surface area contributed by atoms with Crippen molar-refractivity contribution in [2.24, 2.45) is 0 Å². The maximum Gasteiger partial charge on any atom is 0.275 e. The number of pyridine rings is 1. The minimum absolute atomic E-state index is 0.194. The molecule has 0 atom stereocenters. The number of amides is 1. The average Bonchev–Trinajstić information content (AvgIpc) is 3.12. The van der Waals surface area contributed by atoms with E-state index >= 15 is 0 Å².